The predicted octanol–water partition coefficient (Wildman–Crippen LogP) is 4.54. The van der Waals surface area contributed by atoms with Crippen molar-refractivity contribution in [1.29, 1.82) is 0 Å². The van der Waals surface area contributed by atoms with Crippen LogP contribution in [0, 0.1) is 11.6 Å². The summed E-state index contributed by atoms with van der Waals surface area (Å²) in [4.78, 5) is 37.8. The summed E-state index contributed by atoms with van der Waals surface area (Å²) in [5.74, 6) is -1.76. The molecule has 0 spiro atoms. The molecule has 5 nitrogen and oxygen atoms in total. The Morgan fingerprint density at radius 1 is 0.912 bits per heavy atom. The van der Waals surface area contributed by atoms with Gasteiger partial charge in [0.2, 0.25) is 5.91 Å². The molecular formula is C25H22Cl2F2N2O3. The standard InChI is InChI=1S/C25H22Cl2F2N2O3/c26-24(27)25(34)30-11-1-2-22(32)31-14-18(12-16-3-7-20(28)8-4-16)23(33)19(15-31)13-17-5-9-21(29)10-6-17/h3-10,12-13,24H,1-2,11,14-15H2,(H,30,34)/b18-12+,19-13+. The summed E-state index contributed by atoms with van der Waals surface area (Å²) in [6.07, 6.45) is 3.75. The van der Waals surface area contributed by atoms with Crippen LogP contribution >= 0.6 is 23.2 Å². The van der Waals surface area contributed by atoms with Gasteiger partial charge in [0, 0.05) is 37.2 Å². The van der Waals surface area contributed by atoms with E-state index in [1.165, 1.54) is 24.3 Å². The van der Waals surface area contributed by atoms with E-state index < -0.39 is 22.4 Å². The van der Waals surface area contributed by atoms with E-state index in [2.05, 4.69) is 5.32 Å². The lowest BCUT2D eigenvalue weighted by Gasteiger charge is -2.30. The number of benzene rings is 2. The van der Waals surface area contributed by atoms with Crippen molar-refractivity contribution in [3.63, 3.8) is 0 Å². The highest BCUT2D eigenvalue weighted by molar-refractivity contribution is 6.53. The van der Waals surface area contributed by atoms with Gasteiger partial charge in [0.1, 0.15) is 11.6 Å². The molecule has 1 aliphatic rings. The third-order valence-corrected chi connectivity index (χ3v) is 5.54. The first kappa shape index (κ1) is 25.6. The van der Waals surface area contributed by atoms with Crippen molar-refractivity contribution in [2.75, 3.05) is 19.6 Å². The highest BCUT2D eigenvalue weighted by atomic mass is 35.5. The smallest absolute Gasteiger partial charge is 0.253 e. The van der Waals surface area contributed by atoms with Crippen molar-refractivity contribution < 1.29 is 23.2 Å². The lowest BCUT2D eigenvalue weighted by atomic mass is 9.94. The molecule has 178 valence electrons. The maximum Gasteiger partial charge on any atom is 0.253 e. The van der Waals surface area contributed by atoms with Gasteiger partial charge < -0.3 is 10.2 Å². The van der Waals surface area contributed by atoms with Crippen LogP contribution in [0.2, 0.25) is 0 Å². The van der Waals surface area contributed by atoms with Crippen LogP contribution in [-0.4, -0.2) is 47.0 Å². The third kappa shape index (κ3) is 7.23. The molecular weight excluding hydrogens is 485 g/mol. The number of ketones is 1. The zero-order valence-corrected chi connectivity index (χ0v) is 19.6. The Kier molecular flexibility index (Phi) is 8.96. The van der Waals surface area contributed by atoms with Crippen LogP contribution in [0.15, 0.2) is 59.7 Å². The second-order valence-electron chi connectivity index (χ2n) is 7.72. The molecule has 3 rings (SSSR count). The fraction of sp³-hybridized carbons (Fsp3) is 0.240. The van der Waals surface area contributed by atoms with E-state index in [9.17, 15) is 23.2 Å². The first-order valence-electron chi connectivity index (χ1n) is 10.5. The molecule has 0 saturated carbocycles. The predicted molar refractivity (Wildman–Crippen MR) is 128 cm³/mol. The van der Waals surface area contributed by atoms with Gasteiger partial charge in [0.05, 0.1) is 0 Å². The van der Waals surface area contributed by atoms with Crippen LogP contribution in [0.25, 0.3) is 12.2 Å². The summed E-state index contributed by atoms with van der Waals surface area (Å²) >= 11 is 11.0. The molecule has 1 fully saturated rings. The number of alkyl halides is 2. The molecule has 1 saturated heterocycles. The third-order valence-electron chi connectivity index (χ3n) is 5.15. The van der Waals surface area contributed by atoms with E-state index in [4.69, 9.17) is 23.2 Å². The lowest BCUT2D eigenvalue weighted by Crippen LogP contribution is -2.41. The number of nitrogens with zero attached hydrogens (tertiary/aromatic N) is 1. The van der Waals surface area contributed by atoms with Crippen molar-refractivity contribution in [1.82, 2.24) is 10.2 Å². The average Bonchev–Trinajstić information content (AvgIpc) is 2.81. The topological polar surface area (TPSA) is 66.5 Å². The van der Waals surface area contributed by atoms with E-state index in [1.54, 1.807) is 41.3 Å². The minimum atomic E-state index is -1.18. The highest BCUT2D eigenvalue weighted by Crippen LogP contribution is 2.23. The zero-order valence-electron chi connectivity index (χ0n) is 18.1. The minimum Gasteiger partial charge on any atom is -0.354 e. The number of piperidine rings is 1. The SMILES string of the molecule is O=C1/C(=C/c2ccc(F)cc2)CN(C(=O)CCCNC(=O)C(Cl)Cl)C/C1=C\c1ccc(F)cc1. The molecule has 0 atom stereocenters. The number of carbonyl (C=O) groups is 3. The number of nitrogens with one attached hydrogen (secondary N) is 1. The minimum absolute atomic E-state index is 0.0909. The van der Waals surface area contributed by atoms with Gasteiger partial charge in [-0.15, -0.1) is 0 Å². The monoisotopic (exact) mass is 506 g/mol. The van der Waals surface area contributed by atoms with Crippen LogP contribution in [-0.2, 0) is 14.4 Å². The maximum atomic E-state index is 13.3. The summed E-state index contributed by atoms with van der Waals surface area (Å²) in [6.45, 7) is 0.408. The average molecular weight is 507 g/mol. The number of hydrogen-bond acceptors (Lipinski definition) is 3. The number of halogens is 4. The quantitative estimate of drug-likeness (QED) is 0.340. The van der Waals surface area contributed by atoms with Crippen LogP contribution in [0.5, 0.6) is 0 Å². The fourth-order valence-electron chi connectivity index (χ4n) is 3.42. The molecule has 0 radical (unpaired) electrons. The van der Waals surface area contributed by atoms with E-state index in [1.807, 2.05) is 0 Å². The maximum absolute atomic E-state index is 13.3. The van der Waals surface area contributed by atoms with Crippen molar-refractivity contribution in [3.05, 3.63) is 82.4 Å². The Labute approximate surface area is 206 Å². The molecule has 9 heteroatoms. The zero-order chi connectivity index (χ0) is 24.7. The molecule has 0 aromatic heterocycles. The number of amides is 2. The normalized spacial score (nSPS) is 16.4. The molecule has 0 aliphatic carbocycles. The Morgan fingerprint density at radius 3 is 1.82 bits per heavy atom. The number of carbonyl (C=O) groups excluding carboxylic acids is 3. The first-order valence-corrected chi connectivity index (χ1v) is 11.4. The van der Waals surface area contributed by atoms with Crippen molar-refractivity contribution >= 4 is 53.0 Å². The Hall–Kier alpha value is -3.03. The van der Waals surface area contributed by atoms with E-state index >= 15 is 0 Å². The summed E-state index contributed by atoms with van der Waals surface area (Å²) in [5, 5.41) is 2.53. The van der Waals surface area contributed by atoms with Crippen molar-refractivity contribution in [3.8, 4) is 0 Å². The van der Waals surface area contributed by atoms with Crippen molar-refractivity contribution in [2.45, 2.75) is 17.7 Å². The second kappa shape index (κ2) is 11.9. The van der Waals surface area contributed by atoms with Crippen LogP contribution < -0.4 is 5.32 Å². The number of likely N-dealkylation sites (tertiary alicyclic amines) is 1. The lowest BCUT2D eigenvalue weighted by molar-refractivity contribution is -0.131. The molecule has 2 aromatic carbocycles. The van der Waals surface area contributed by atoms with E-state index in [0.717, 1.165) is 0 Å². The van der Waals surface area contributed by atoms with Gasteiger partial charge in [0.25, 0.3) is 5.91 Å². The van der Waals surface area contributed by atoms with Gasteiger partial charge >= 0.3 is 0 Å². The number of rotatable bonds is 7. The molecule has 0 bridgehead atoms. The van der Waals surface area contributed by atoms with Gasteiger partial charge in [0.15, 0.2) is 10.6 Å². The van der Waals surface area contributed by atoms with Gasteiger partial charge in [-0.2, -0.15) is 0 Å². The highest BCUT2D eigenvalue weighted by Gasteiger charge is 2.28. The summed E-state index contributed by atoms with van der Waals surface area (Å²) in [6, 6.07) is 11.3. The molecule has 1 aliphatic heterocycles. The molecule has 1 heterocycles. The summed E-state index contributed by atoms with van der Waals surface area (Å²) in [5.41, 5.74) is 2.00. The molecule has 34 heavy (non-hydrogen) atoms. The summed E-state index contributed by atoms with van der Waals surface area (Å²) in [7, 11) is 0. The van der Waals surface area contributed by atoms with Crippen molar-refractivity contribution in [2.24, 2.45) is 0 Å². The molecule has 2 amide bonds. The van der Waals surface area contributed by atoms with E-state index in [-0.39, 0.29) is 37.7 Å². The van der Waals surface area contributed by atoms with Gasteiger partial charge in [-0.3, -0.25) is 14.4 Å². The van der Waals surface area contributed by atoms with E-state index in [0.29, 0.717) is 28.7 Å². The van der Waals surface area contributed by atoms with Crippen LogP contribution in [0.3, 0.4) is 0 Å². The molecule has 2 aromatic rings. The first-order chi connectivity index (χ1) is 16.2. The number of Topliss-reactive ketones (excluding diaryl/α,β-unsaturated/α-hetero) is 1. The molecule has 0 unspecified atom stereocenters. The second-order valence-corrected chi connectivity index (χ2v) is 8.81. The van der Waals surface area contributed by atoms with Gasteiger partial charge in [-0.1, -0.05) is 47.5 Å². The Bertz CT molecular complexity index is 1050. The van der Waals surface area contributed by atoms with Crippen LogP contribution in [0.4, 0.5) is 8.78 Å². The largest absolute Gasteiger partial charge is 0.354 e. The Morgan fingerprint density at radius 2 is 1.38 bits per heavy atom. The number of hydrogen-bond donors (Lipinski definition) is 1. The molecule has 1 N–H and O–H groups in total. The fourth-order valence-corrected chi connectivity index (χ4v) is 3.58. The van der Waals surface area contributed by atoms with Gasteiger partial charge in [-0.05, 0) is 54.0 Å². The summed E-state index contributed by atoms with van der Waals surface area (Å²) < 4.78 is 26.5. The van der Waals surface area contributed by atoms with Crippen LogP contribution in [0.1, 0.15) is 24.0 Å². The Balaban J connectivity index is 1.79. The van der Waals surface area contributed by atoms with Gasteiger partial charge in [-0.25, -0.2) is 8.78 Å².